The molecule has 7 heteroatoms. The zero-order chi connectivity index (χ0) is 40.9. The number of imidazole rings is 1. The van der Waals surface area contributed by atoms with E-state index < -0.39 is 0 Å². The van der Waals surface area contributed by atoms with Crippen LogP contribution >= 0.6 is 0 Å². The molecule has 6 nitrogen and oxygen atoms in total. The summed E-state index contributed by atoms with van der Waals surface area (Å²) < 4.78 is 10.9. The van der Waals surface area contributed by atoms with Crippen molar-refractivity contribution in [1.29, 1.82) is 5.26 Å². The van der Waals surface area contributed by atoms with Gasteiger partial charge in [-0.2, -0.15) is 11.3 Å². The quantitative estimate of drug-likeness (QED) is 0.149. The van der Waals surface area contributed by atoms with Gasteiger partial charge in [0.15, 0.2) is 0 Å². The first-order chi connectivity index (χ1) is 28.4. The fourth-order valence-corrected chi connectivity index (χ4v) is 7.69. The van der Waals surface area contributed by atoms with Crippen molar-refractivity contribution in [3.8, 4) is 62.6 Å². The first-order valence-electron chi connectivity index (χ1n) is 19.9. The van der Waals surface area contributed by atoms with E-state index in [1.807, 2.05) is 55.0 Å². The van der Waals surface area contributed by atoms with Gasteiger partial charge >= 0.3 is 21.1 Å². The molecule has 6 aromatic carbocycles. The average Bonchev–Trinajstić information content (AvgIpc) is 3.86. The number of aromatic nitrogens is 4. The second-order valence-corrected chi connectivity index (χ2v) is 17.0. The van der Waals surface area contributed by atoms with Crippen LogP contribution in [-0.4, -0.2) is 19.1 Å². The van der Waals surface area contributed by atoms with Crippen molar-refractivity contribution in [1.82, 2.24) is 19.1 Å². The van der Waals surface area contributed by atoms with Crippen LogP contribution in [0, 0.1) is 23.5 Å². The molecule has 0 fully saturated rings. The van der Waals surface area contributed by atoms with Gasteiger partial charge in [0.25, 0.3) is 0 Å². The Labute approximate surface area is 366 Å². The van der Waals surface area contributed by atoms with E-state index in [-0.39, 0.29) is 31.9 Å². The number of hydrogen-bond acceptors (Lipinski definition) is 4. The zero-order valence-corrected chi connectivity index (χ0v) is 36.7. The van der Waals surface area contributed by atoms with Crippen LogP contribution in [0.2, 0.25) is 0 Å². The standard InChI is InChI=1S/C53H43N5O.Pt/c1-52(2,3)39-24-25-55-50(30-39)58-48-23-20-35(32-54)26-46(48)45-22-21-41(31-49(45)58)59-42-28-38(27-40(29-42)53(4,5)6)47-33-57(34-56-47)51-43(36-14-9-7-10-15-36)18-13-19-44(51)37-16-11-8-12-17-37;/h7-27,29-30,33-34H,1-6H3;/q-2;+2. The molecule has 0 amide bonds. The third-order valence-electron chi connectivity index (χ3n) is 10.9. The topological polar surface area (TPSA) is 68.7 Å². The first-order valence-corrected chi connectivity index (χ1v) is 19.9. The molecule has 9 rings (SSSR count). The zero-order valence-electron chi connectivity index (χ0n) is 34.4. The molecule has 3 aromatic heterocycles. The van der Waals surface area contributed by atoms with Crippen LogP contribution in [0.1, 0.15) is 58.2 Å². The molecule has 3 heterocycles. The second-order valence-electron chi connectivity index (χ2n) is 17.0. The number of fused-ring (bicyclic) bond motifs is 3. The van der Waals surface area contributed by atoms with Crippen molar-refractivity contribution in [2.24, 2.45) is 0 Å². The van der Waals surface area contributed by atoms with Gasteiger partial charge in [0.2, 0.25) is 0 Å². The van der Waals surface area contributed by atoms with E-state index in [1.165, 1.54) is 5.56 Å². The Morgan fingerprint density at radius 1 is 0.633 bits per heavy atom. The molecule has 296 valence electrons. The molecule has 0 spiro atoms. The van der Waals surface area contributed by atoms with Gasteiger partial charge in [-0.15, -0.1) is 34.7 Å². The van der Waals surface area contributed by atoms with Gasteiger partial charge in [0.05, 0.1) is 23.6 Å². The number of rotatable bonds is 7. The Kier molecular flexibility index (Phi) is 10.7. The van der Waals surface area contributed by atoms with E-state index in [2.05, 4.69) is 166 Å². The third-order valence-corrected chi connectivity index (χ3v) is 10.9. The third kappa shape index (κ3) is 7.70. The Hall–Kier alpha value is -6.54. The van der Waals surface area contributed by atoms with E-state index >= 15 is 0 Å². The minimum absolute atomic E-state index is 0. The Balaban J connectivity index is 0.00000499. The Morgan fingerprint density at radius 3 is 1.97 bits per heavy atom. The van der Waals surface area contributed by atoms with Crippen LogP contribution in [0.5, 0.6) is 11.5 Å². The maximum absolute atomic E-state index is 9.78. The molecule has 0 aliphatic rings. The number of hydrogen-bond donors (Lipinski definition) is 0. The van der Waals surface area contributed by atoms with Crippen LogP contribution in [-0.2, 0) is 31.9 Å². The van der Waals surface area contributed by atoms with Gasteiger partial charge in [-0.1, -0.05) is 138 Å². The van der Waals surface area contributed by atoms with Crippen LogP contribution in [0.3, 0.4) is 0 Å². The summed E-state index contributed by atoms with van der Waals surface area (Å²) in [6.45, 7) is 13.2. The molecule has 0 unspecified atom stereocenters. The van der Waals surface area contributed by atoms with Crippen molar-refractivity contribution in [2.45, 2.75) is 52.4 Å². The largest absolute Gasteiger partial charge is 2.00 e. The molecular formula is C53H43N5OPt. The number of nitriles is 1. The Bertz CT molecular complexity index is 2990. The predicted molar refractivity (Wildman–Crippen MR) is 238 cm³/mol. The summed E-state index contributed by atoms with van der Waals surface area (Å²) in [5.74, 6) is 1.88. The van der Waals surface area contributed by atoms with Crippen LogP contribution in [0.25, 0.3) is 66.8 Å². The summed E-state index contributed by atoms with van der Waals surface area (Å²) in [7, 11) is 0. The second kappa shape index (κ2) is 15.9. The summed E-state index contributed by atoms with van der Waals surface area (Å²) >= 11 is 0. The van der Waals surface area contributed by atoms with Crippen LogP contribution in [0.4, 0.5) is 0 Å². The van der Waals surface area contributed by atoms with Gasteiger partial charge < -0.3 is 13.9 Å². The summed E-state index contributed by atoms with van der Waals surface area (Å²) in [6, 6.07) is 55.0. The van der Waals surface area contributed by atoms with Gasteiger partial charge in [0, 0.05) is 40.0 Å². The maximum Gasteiger partial charge on any atom is 2.00 e. The fourth-order valence-electron chi connectivity index (χ4n) is 7.69. The van der Waals surface area contributed by atoms with Crippen LogP contribution < -0.4 is 4.74 Å². The molecule has 9 aromatic rings. The van der Waals surface area contributed by atoms with Gasteiger partial charge in [-0.25, -0.2) is 4.98 Å². The monoisotopic (exact) mass is 960 g/mol. The van der Waals surface area contributed by atoms with Crippen molar-refractivity contribution in [3.63, 3.8) is 0 Å². The molecule has 0 saturated carbocycles. The average molecular weight is 961 g/mol. The number of ether oxygens (including phenoxy) is 1. The first kappa shape index (κ1) is 40.2. The summed E-state index contributed by atoms with van der Waals surface area (Å²) in [6.07, 6.45) is 5.83. The fraction of sp³-hybridized carbons (Fsp3) is 0.151. The SMILES string of the molecule is CC(C)(C)c1cc(Oc2[c-]c3c(cc2)c2cc(C#N)ccc2n3-c2cc(C(C)(C)C)ccn2)[c-]c(-c2cn(-c3c(-c4ccccc4)cccc3-c3ccccc3)cn2)c1.[Pt+2]. The minimum atomic E-state index is -0.187. The van der Waals surface area contributed by atoms with Crippen LogP contribution in [0.15, 0.2) is 152 Å². The molecule has 0 N–H and O–H groups in total. The Morgan fingerprint density at radius 2 is 1.32 bits per heavy atom. The molecule has 0 aliphatic heterocycles. The number of pyridine rings is 1. The summed E-state index contributed by atoms with van der Waals surface area (Å²) in [5.41, 5.74) is 11.5. The smallest absolute Gasteiger partial charge is 0.503 e. The molecular weight excluding hydrogens is 918 g/mol. The van der Waals surface area contributed by atoms with Crippen molar-refractivity contribution >= 4 is 21.8 Å². The minimum Gasteiger partial charge on any atom is -0.503 e. The normalized spacial score (nSPS) is 11.7. The molecule has 0 saturated heterocycles. The van der Waals surface area contributed by atoms with E-state index in [0.29, 0.717) is 17.1 Å². The van der Waals surface area contributed by atoms with Crippen molar-refractivity contribution in [2.75, 3.05) is 0 Å². The molecule has 0 aliphatic carbocycles. The predicted octanol–water partition coefficient (Wildman–Crippen LogP) is 13.2. The number of para-hydroxylation sites is 1. The van der Waals surface area contributed by atoms with E-state index in [0.717, 1.165) is 72.4 Å². The van der Waals surface area contributed by atoms with E-state index in [9.17, 15) is 5.26 Å². The van der Waals surface area contributed by atoms with Gasteiger partial charge in [0.1, 0.15) is 5.82 Å². The molecule has 0 radical (unpaired) electrons. The maximum atomic E-state index is 9.78. The number of benzene rings is 6. The number of nitrogens with zero attached hydrogens (tertiary/aromatic N) is 5. The molecule has 0 bridgehead atoms. The molecule has 60 heavy (non-hydrogen) atoms. The molecule has 0 atom stereocenters. The van der Waals surface area contributed by atoms with E-state index in [1.54, 1.807) is 0 Å². The van der Waals surface area contributed by atoms with E-state index in [4.69, 9.17) is 14.7 Å². The van der Waals surface area contributed by atoms with Gasteiger partial charge in [-0.3, -0.25) is 4.98 Å². The van der Waals surface area contributed by atoms with Gasteiger partial charge in [-0.05, 0) is 69.4 Å². The van der Waals surface area contributed by atoms with Crippen molar-refractivity contribution < 1.29 is 25.8 Å². The summed E-state index contributed by atoms with van der Waals surface area (Å²) in [5, 5.41) is 11.7. The van der Waals surface area contributed by atoms with Crippen molar-refractivity contribution in [3.05, 3.63) is 181 Å². The summed E-state index contributed by atoms with van der Waals surface area (Å²) in [4.78, 5) is 9.81.